The van der Waals surface area contributed by atoms with Gasteiger partial charge in [0.2, 0.25) is 0 Å². The van der Waals surface area contributed by atoms with E-state index in [4.69, 9.17) is 16.3 Å². The fourth-order valence-electron chi connectivity index (χ4n) is 1.78. The van der Waals surface area contributed by atoms with Gasteiger partial charge in [-0.25, -0.2) is 9.97 Å². The molecular weight excluding hydrogens is 240 g/mol. The molecular formula is C11H17ClN4O. The van der Waals surface area contributed by atoms with Crippen LogP contribution < -0.4 is 5.32 Å². The maximum atomic E-state index is 5.94. The predicted molar refractivity (Wildman–Crippen MR) is 67.4 cm³/mol. The maximum Gasteiger partial charge on any atom is 0.148 e. The highest BCUT2D eigenvalue weighted by Gasteiger charge is 2.09. The van der Waals surface area contributed by atoms with E-state index in [1.807, 2.05) is 0 Å². The molecule has 0 amide bonds. The van der Waals surface area contributed by atoms with Crippen molar-refractivity contribution in [3.05, 3.63) is 17.5 Å². The summed E-state index contributed by atoms with van der Waals surface area (Å²) < 4.78 is 5.30. The molecule has 17 heavy (non-hydrogen) atoms. The van der Waals surface area contributed by atoms with Crippen LogP contribution in [0.1, 0.15) is 6.42 Å². The highest BCUT2D eigenvalue weighted by Crippen LogP contribution is 2.15. The van der Waals surface area contributed by atoms with Crippen molar-refractivity contribution in [1.82, 2.24) is 14.9 Å². The van der Waals surface area contributed by atoms with Gasteiger partial charge in [-0.1, -0.05) is 11.6 Å². The molecule has 5 nitrogen and oxygen atoms in total. The molecule has 0 radical (unpaired) electrons. The molecule has 2 rings (SSSR count). The van der Waals surface area contributed by atoms with Gasteiger partial charge < -0.3 is 10.1 Å². The van der Waals surface area contributed by atoms with Crippen LogP contribution in [-0.4, -0.2) is 54.3 Å². The molecule has 0 aromatic carbocycles. The third-order valence-electron chi connectivity index (χ3n) is 2.71. The van der Waals surface area contributed by atoms with Crippen LogP contribution in [0.5, 0.6) is 0 Å². The van der Waals surface area contributed by atoms with Gasteiger partial charge in [-0.3, -0.25) is 4.90 Å². The second-order valence-corrected chi connectivity index (χ2v) is 4.36. The lowest BCUT2D eigenvalue weighted by Gasteiger charge is -2.26. The van der Waals surface area contributed by atoms with E-state index in [0.717, 1.165) is 45.8 Å². The number of ether oxygens (including phenoxy) is 1. The molecule has 1 aliphatic heterocycles. The van der Waals surface area contributed by atoms with E-state index in [9.17, 15) is 0 Å². The van der Waals surface area contributed by atoms with Crippen LogP contribution >= 0.6 is 11.6 Å². The zero-order valence-electron chi connectivity index (χ0n) is 9.73. The Kier molecular flexibility index (Phi) is 4.97. The average Bonchev–Trinajstić information content (AvgIpc) is 2.38. The average molecular weight is 257 g/mol. The molecule has 94 valence electrons. The standard InChI is InChI=1S/C11H17ClN4O/c12-10-8-13-9-15-11(10)14-2-1-3-16-4-6-17-7-5-16/h8-9H,1-7H2,(H,13,14,15). The topological polar surface area (TPSA) is 50.3 Å². The third kappa shape index (κ3) is 4.11. The van der Waals surface area contributed by atoms with E-state index < -0.39 is 0 Å². The van der Waals surface area contributed by atoms with Gasteiger partial charge in [-0.2, -0.15) is 0 Å². The van der Waals surface area contributed by atoms with Gasteiger partial charge in [0, 0.05) is 19.6 Å². The fourth-order valence-corrected chi connectivity index (χ4v) is 1.95. The zero-order valence-corrected chi connectivity index (χ0v) is 10.5. The number of aromatic nitrogens is 2. The van der Waals surface area contributed by atoms with Crippen LogP contribution in [0.15, 0.2) is 12.5 Å². The normalized spacial score (nSPS) is 17.0. The van der Waals surface area contributed by atoms with Gasteiger partial charge >= 0.3 is 0 Å². The molecule has 0 aliphatic carbocycles. The predicted octanol–water partition coefficient (Wildman–Crippen LogP) is 1.26. The van der Waals surface area contributed by atoms with E-state index in [1.54, 1.807) is 6.20 Å². The van der Waals surface area contributed by atoms with Gasteiger partial charge in [0.15, 0.2) is 0 Å². The van der Waals surface area contributed by atoms with Gasteiger partial charge in [-0.15, -0.1) is 0 Å². The second-order valence-electron chi connectivity index (χ2n) is 3.95. The molecule has 1 aliphatic rings. The van der Waals surface area contributed by atoms with Crippen molar-refractivity contribution < 1.29 is 4.74 Å². The molecule has 0 atom stereocenters. The summed E-state index contributed by atoms with van der Waals surface area (Å²) in [5.74, 6) is 0.712. The first-order chi connectivity index (χ1) is 8.36. The van der Waals surface area contributed by atoms with Crippen molar-refractivity contribution in [2.45, 2.75) is 6.42 Å². The Morgan fingerprint density at radius 2 is 2.24 bits per heavy atom. The summed E-state index contributed by atoms with van der Waals surface area (Å²) in [7, 11) is 0. The van der Waals surface area contributed by atoms with Crippen molar-refractivity contribution in [1.29, 1.82) is 0 Å². The van der Waals surface area contributed by atoms with Crippen molar-refractivity contribution in [3.8, 4) is 0 Å². The first-order valence-corrected chi connectivity index (χ1v) is 6.23. The van der Waals surface area contributed by atoms with Crippen molar-refractivity contribution in [3.63, 3.8) is 0 Å². The molecule has 6 heteroatoms. The number of halogens is 1. The van der Waals surface area contributed by atoms with E-state index in [1.165, 1.54) is 6.33 Å². The Hall–Kier alpha value is -0.910. The number of nitrogens with zero attached hydrogens (tertiary/aromatic N) is 3. The largest absolute Gasteiger partial charge is 0.379 e. The van der Waals surface area contributed by atoms with E-state index >= 15 is 0 Å². The Bertz CT molecular complexity index is 344. The summed E-state index contributed by atoms with van der Waals surface area (Å²) in [6, 6.07) is 0. The summed E-state index contributed by atoms with van der Waals surface area (Å²) in [5.41, 5.74) is 0. The zero-order chi connectivity index (χ0) is 11.9. The molecule has 1 fully saturated rings. The van der Waals surface area contributed by atoms with Crippen molar-refractivity contribution >= 4 is 17.4 Å². The Morgan fingerprint density at radius 1 is 1.41 bits per heavy atom. The highest BCUT2D eigenvalue weighted by molar-refractivity contribution is 6.32. The van der Waals surface area contributed by atoms with Crippen LogP contribution in [0.3, 0.4) is 0 Å². The summed E-state index contributed by atoms with van der Waals surface area (Å²) in [4.78, 5) is 10.3. The Labute approximate surface area is 106 Å². The molecule has 1 aromatic heterocycles. The summed E-state index contributed by atoms with van der Waals surface area (Å²) in [6.45, 7) is 5.73. The number of nitrogens with one attached hydrogen (secondary N) is 1. The number of morpholine rings is 1. The van der Waals surface area contributed by atoms with E-state index in [-0.39, 0.29) is 0 Å². The van der Waals surface area contributed by atoms with Crippen LogP contribution in [-0.2, 0) is 4.74 Å². The quantitative estimate of drug-likeness (QED) is 0.804. The Morgan fingerprint density at radius 3 is 3.00 bits per heavy atom. The second kappa shape index (κ2) is 6.74. The lowest BCUT2D eigenvalue weighted by molar-refractivity contribution is 0.0378. The highest BCUT2D eigenvalue weighted by atomic mass is 35.5. The van der Waals surface area contributed by atoms with E-state index in [2.05, 4.69) is 20.2 Å². The molecule has 0 bridgehead atoms. The first kappa shape index (κ1) is 12.5. The number of hydrogen-bond donors (Lipinski definition) is 1. The molecule has 1 aromatic rings. The van der Waals surface area contributed by atoms with Crippen LogP contribution in [0.2, 0.25) is 5.02 Å². The summed E-state index contributed by atoms with van der Waals surface area (Å²) >= 11 is 5.94. The molecule has 0 unspecified atom stereocenters. The van der Waals surface area contributed by atoms with Gasteiger partial charge in [0.05, 0.1) is 19.4 Å². The molecule has 1 saturated heterocycles. The summed E-state index contributed by atoms with van der Waals surface area (Å²) in [6.07, 6.45) is 4.16. The summed E-state index contributed by atoms with van der Waals surface area (Å²) in [5, 5.41) is 3.78. The van der Waals surface area contributed by atoms with Crippen molar-refractivity contribution in [2.24, 2.45) is 0 Å². The lowest BCUT2D eigenvalue weighted by Crippen LogP contribution is -2.37. The molecule has 0 saturated carbocycles. The molecule has 0 spiro atoms. The molecule has 1 N–H and O–H groups in total. The number of rotatable bonds is 5. The minimum absolute atomic E-state index is 0.568. The van der Waals surface area contributed by atoms with Gasteiger partial charge in [-0.05, 0) is 13.0 Å². The number of anilines is 1. The van der Waals surface area contributed by atoms with Crippen molar-refractivity contribution in [2.75, 3.05) is 44.7 Å². The van der Waals surface area contributed by atoms with E-state index in [0.29, 0.717) is 10.8 Å². The third-order valence-corrected chi connectivity index (χ3v) is 2.99. The SMILES string of the molecule is Clc1cncnc1NCCCN1CCOCC1. The Balaban J connectivity index is 1.64. The molecule has 2 heterocycles. The smallest absolute Gasteiger partial charge is 0.148 e. The lowest BCUT2D eigenvalue weighted by atomic mass is 10.3. The fraction of sp³-hybridized carbons (Fsp3) is 0.636. The van der Waals surface area contributed by atoms with Gasteiger partial charge in [0.1, 0.15) is 17.2 Å². The van der Waals surface area contributed by atoms with Crippen LogP contribution in [0.4, 0.5) is 5.82 Å². The number of hydrogen-bond acceptors (Lipinski definition) is 5. The minimum Gasteiger partial charge on any atom is -0.379 e. The monoisotopic (exact) mass is 256 g/mol. The van der Waals surface area contributed by atoms with Crippen LogP contribution in [0.25, 0.3) is 0 Å². The van der Waals surface area contributed by atoms with Gasteiger partial charge in [0.25, 0.3) is 0 Å². The minimum atomic E-state index is 0.568. The first-order valence-electron chi connectivity index (χ1n) is 5.86. The van der Waals surface area contributed by atoms with Crippen LogP contribution in [0, 0.1) is 0 Å². The maximum absolute atomic E-state index is 5.94.